The van der Waals surface area contributed by atoms with E-state index in [-0.39, 0.29) is 5.56 Å². The smallest absolute Gasteiger partial charge is 0.264 e. The standard InChI is InChI=1S/C17H18N4O/c22-17-14-7-9-18-15(14)8-10-21(17)13-5-6-16(19-11-13)20-12-3-1-2-4-12/h5-12,18H,1-4H2,(H,19,20). The number of aromatic nitrogens is 3. The van der Waals surface area contributed by atoms with Crippen LogP contribution < -0.4 is 10.9 Å². The molecule has 0 amide bonds. The van der Waals surface area contributed by atoms with Crippen molar-refractivity contribution in [2.75, 3.05) is 5.32 Å². The molecule has 3 aromatic rings. The normalized spacial score (nSPS) is 15.5. The van der Waals surface area contributed by atoms with E-state index in [1.165, 1.54) is 25.7 Å². The fourth-order valence-corrected chi connectivity index (χ4v) is 3.15. The molecule has 0 atom stereocenters. The second-order valence-corrected chi connectivity index (χ2v) is 5.82. The van der Waals surface area contributed by atoms with Crippen LogP contribution in [0.15, 0.2) is 47.7 Å². The molecule has 22 heavy (non-hydrogen) atoms. The Bertz CT molecular complexity index is 841. The van der Waals surface area contributed by atoms with Gasteiger partial charge in [-0.2, -0.15) is 0 Å². The van der Waals surface area contributed by atoms with Crippen molar-refractivity contribution in [2.24, 2.45) is 0 Å². The molecule has 0 radical (unpaired) electrons. The maximum absolute atomic E-state index is 12.5. The first-order chi connectivity index (χ1) is 10.8. The summed E-state index contributed by atoms with van der Waals surface area (Å²) < 4.78 is 1.63. The average Bonchev–Trinajstić information content (AvgIpc) is 3.20. The molecule has 4 rings (SSSR count). The second kappa shape index (κ2) is 5.33. The molecule has 0 bridgehead atoms. The van der Waals surface area contributed by atoms with E-state index >= 15 is 0 Å². The van der Waals surface area contributed by atoms with Crippen LogP contribution in [-0.2, 0) is 0 Å². The molecule has 1 aliphatic carbocycles. The maximum atomic E-state index is 12.5. The molecule has 1 aliphatic rings. The Hall–Kier alpha value is -2.56. The average molecular weight is 294 g/mol. The lowest BCUT2D eigenvalue weighted by Crippen LogP contribution is -2.18. The third-order valence-electron chi connectivity index (χ3n) is 4.35. The van der Waals surface area contributed by atoms with Crippen LogP contribution in [-0.4, -0.2) is 20.6 Å². The van der Waals surface area contributed by atoms with Crippen molar-refractivity contribution in [1.82, 2.24) is 14.5 Å². The SMILES string of the molecule is O=c1c2cc[nH]c2ccn1-c1ccc(NC2CCCC2)nc1. The van der Waals surface area contributed by atoms with Crippen molar-refractivity contribution in [1.29, 1.82) is 0 Å². The minimum absolute atomic E-state index is 0.0305. The molecular formula is C17H18N4O. The van der Waals surface area contributed by atoms with E-state index in [9.17, 15) is 4.79 Å². The lowest BCUT2D eigenvalue weighted by Gasteiger charge is -2.13. The Morgan fingerprint density at radius 1 is 1.18 bits per heavy atom. The van der Waals surface area contributed by atoms with Gasteiger partial charge in [-0.1, -0.05) is 12.8 Å². The van der Waals surface area contributed by atoms with Crippen molar-refractivity contribution in [3.63, 3.8) is 0 Å². The highest BCUT2D eigenvalue weighted by Gasteiger charge is 2.14. The molecule has 5 nitrogen and oxygen atoms in total. The summed E-state index contributed by atoms with van der Waals surface area (Å²) >= 11 is 0. The monoisotopic (exact) mass is 294 g/mol. The van der Waals surface area contributed by atoms with Crippen molar-refractivity contribution in [2.45, 2.75) is 31.7 Å². The lowest BCUT2D eigenvalue weighted by atomic mass is 10.2. The first-order valence-corrected chi connectivity index (χ1v) is 7.73. The van der Waals surface area contributed by atoms with E-state index in [1.54, 1.807) is 29.2 Å². The zero-order valence-corrected chi connectivity index (χ0v) is 12.2. The van der Waals surface area contributed by atoms with Crippen LogP contribution in [0.4, 0.5) is 5.82 Å². The quantitative estimate of drug-likeness (QED) is 0.780. The molecule has 5 heteroatoms. The summed E-state index contributed by atoms with van der Waals surface area (Å²) in [6.45, 7) is 0. The Kier molecular flexibility index (Phi) is 3.18. The lowest BCUT2D eigenvalue weighted by molar-refractivity contribution is 0.750. The van der Waals surface area contributed by atoms with E-state index < -0.39 is 0 Å². The Morgan fingerprint density at radius 3 is 2.82 bits per heavy atom. The summed E-state index contributed by atoms with van der Waals surface area (Å²) in [7, 11) is 0. The van der Waals surface area contributed by atoms with Crippen molar-refractivity contribution >= 4 is 16.7 Å². The first kappa shape index (κ1) is 13.1. The zero-order valence-electron chi connectivity index (χ0n) is 12.2. The van der Waals surface area contributed by atoms with Gasteiger partial charge in [0, 0.05) is 18.4 Å². The van der Waals surface area contributed by atoms with Gasteiger partial charge in [-0.25, -0.2) is 4.98 Å². The fraction of sp³-hybridized carbons (Fsp3) is 0.294. The minimum atomic E-state index is -0.0305. The van der Waals surface area contributed by atoms with Gasteiger partial charge in [-0.15, -0.1) is 0 Å². The van der Waals surface area contributed by atoms with Gasteiger partial charge in [-0.05, 0) is 37.1 Å². The van der Waals surface area contributed by atoms with Crippen LogP contribution in [0, 0.1) is 0 Å². The van der Waals surface area contributed by atoms with Crippen LogP contribution in [0.5, 0.6) is 0 Å². The zero-order chi connectivity index (χ0) is 14.9. The predicted molar refractivity (Wildman–Crippen MR) is 87.6 cm³/mol. The molecule has 3 heterocycles. The van der Waals surface area contributed by atoms with E-state index in [4.69, 9.17) is 0 Å². The Labute approximate surface area is 128 Å². The van der Waals surface area contributed by atoms with Gasteiger partial charge < -0.3 is 10.3 Å². The number of fused-ring (bicyclic) bond motifs is 1. The van der Waals surface area contributed by atoms with Crippen LogP contribution >= 0.6 is 0 Å². The summed E-state index contributed by atoms with van der Waals surface area (Å²) in [5.41, 5.74) is 1.61. The highest BCUT2D eigenvalue weighted by atomic mass is 16.1. The number of pyridine rings is 2. The van der Waals surface area contributed by atoms with E-state index in [1.807, 2.05) is 18.2 Å². The second-order valence-electron chi connectivity index (χ2n) is 5.82. The number of nitrogens with zero attached hydrogens (tertiary/aromatic N) is 2. The molecule has 0 aromatic carbocycles. The molecule has 0 saturated heterocycles. The molecule has 112 valence electrons. The molecule has 1 saturated carbocycles. The molecule has 0 aliphatic heterocycles. The highest BCUT2D eigenvalue weighted by molar-refractivity contribution is 5.78. The number of rotatable bonds is 3. The number of hydrogen-bond acceptors (Lipinski definition) is 3. The van der Waals surface area contributed by atoms with E-state index in [2.05, 4.69) is 15.3 Å². The van der Waals surface area contributed by atoms with Gasteiger partial charge in [0.15, 0.2) is 0 Å². The number of nitrogens with one attached hydrogen (secondary N) is 2. The number of H-pyrrole nitrogens is 1. The first-order valence-electron chi connectivity index (χ1n) is 7.73. The largest absolute Gasteiger partial charge is 0.367 e. The van der Waals surface area contributed by atoms with Gasteiger partial charge in [0.05, 0.1) is 22.8 Å². The van der Waals surface area contributed by atoms with Crippen molar-refractivity contribution < 1.29 is 0 Å². The summed E-state index contributed by atoms with van der Waals surface area (Å²) in [6.07, 6.45) is 10.3. The van der Waals surface area contributed by atoms with Gasteiger partial charge in [0.1, 0.15) is 5.82 Å². The summed E-state index contributed by atoms with van der Waals surface area (Å²) in [6, 6.07) is 8.13. The third-order valence-corrected chi connectivity index (χ3v) is 4.35. The summed E-state index contributed by atoms with van der Waals surface area (Å²) in [5, 5.41) is 4.15. The number of aromatic amines is 1. The maximum Gasteiger partial charge on any atom is 0.264 e. The molecule has 1 fully saturated rings. The number of hydrogen-bond donors (Lipinski definition) is 2. The van der Waals surface area contributed by atoms with Crippen LogP contribution in [0.25, 0.3) is 16.6 Å². The third kappa shape index (κ3) is 2.28. The molecule has 2 N–H and O–H groups in total. The molecule has 0 unspecified atom stereocenters. The van der Waals surface area contributed by atoms with Gasteiger partial charge in [0.25, 0.3) is 5.56 Å². The molecular weight excluding hydrogens is 276 g/mol. The van der Waals surface area contributed by atoms with E-state index in [0.717, 1.165) is 17.0 Å². The van der Waals surface area contributed by atoms with Crippen LogP contribution in [0.1, 0.15) is 25.7 Å². The van der Waals surface area contributed by atoms with Crippen molar-refractivity contribution in [3.8, 4) is 5.69 Å². The van der Waals surface area contributed by atoms with Gasteiger partial charge >= 0.3 is 0 Å². The summed E-state index contributed by atoms with van der Waals surface area (Å²) in [4.78, 5) is 20.0. The van der Waals surface area contributed by atoms with Crippen molar-refractivity contribution in [3.05, 3.63) is 53.2 Å². The van der Waals surface area contributed by atoms with Crippen LogP contribution in [0.3, 0.4) is 0 Å². The topological polar surface area (TPSA) is 62.7 Å². The fourth-order valence-electron chi connectivity index (χ4n) is 3.15. The Balaban J connectivity index is 1.63. The predicted octanol–water partition coefficient (Wildman–Crippen LogP) is 3.07. The van der Waals surface area contributed by atoms with E-state index in [0.29, 0.717) is 11.4 Å². The van der Waals surface area contributed by atoms with Gasteiger partial charge in [0.2, 0.25) is 0 Å². The molecule has 0 spiro atoms. The Morgan fingerprint density at radius 2 is 2.05 bits per heavy atom. The summed E-state index contributed by atoms with van der Waals surface area (Å²) in [5.74, 6) is 0.881. The number of anilines is 1. The van der Waals surface area contributed by atoms with Gasteiger partial charge in [-0.3, -0.25) is 9.36 Å². The van der Waals surface area contributed by atoms with Crippen LogP contribution in [0.2, 0.25) is 0 Å². The minimum Gasteiger partial charge on any atom is -0.367 e. The molecule has 3 aromatic heterocycles. The highest BCUT2D eigenvalue weighted by Crippen LogP contribution is 2.21.